The van der Waals surface area contributed by atoms with Crippen molar-refractivity contribution in [2.45, 2.75) is 38.1 Å². The summed E-state index contributed by atoms with van der Waals surface area (Å²) < 4.78 is 17.7. The molecule has 4 heterocycles. The van der Waals surface area contributed by atoms with E-state index in [0.29, 0.717) is 5.56 Å². The molecule has 0 aliphatic carbocycles. The molecule has 4 unspecified atom stereocenters. The minimum absolute atomic E-state index is 0.0115. The number of carbonyl (C=O) groups is 2. The third-order valence-corrected chi connectivity index (χ3v) is 9.49. The van der Waals surface area contributed by atoms with E-state index >= 15 is 0 Å². The lowest BCUT2D eigenvalue weighted by atomic mass is 9.91. The Bertz CT molecular complexity index is 1660. The van der Waals surface area contributed by atoms with Crippen LogP contribution < -0.4 is 9.80 Å². The van der Waals surface area contributed by atoms with Gasteiger partial charge < -0.3 is 24.0 Å². The topological polar surface area (TPSA) is 68.3 Å². The Kier molecular flexibility index (Phi) is 7.60. The van der Waals surface area contributed by atoms with Crippen molar-refractivity contribution in [3.63, 3.8) is 0 Å². The highest BCUT2D eigenvalue weighted by atomic mass is 16.6. The van der Waals surface area contributed by atoms with Gasteiger partial charge in [0.1, 0.15) is 6.10 Å². The second kappa shape index (κ2) is 11.7. The first-order chi connectivity index (χ1) is 21.3. The number of rotatable bonds is 7. The first-order valence-electron chi connectivity index (χ1n) is 15.5. The molecule has 2 fully saturated rings. The maximum absolute atomic E-state index is 13.5. The highest BCUT2D eigenvalue weighted by molar-refractivity contribution is 5.99. The summed E-state index contributed by atoms with van der Waals surface area (Å²) >= 11 is 0. The van der Waals surface area contributed by atoms with E-state index in [1.165, 1.54) is 34.1 Å². The van der Waals surface area contributed by atoms with Crippen LogP contribution in [0.3, 0.4) is 0 Å². The van der Waals surface area contributed by atoms with Crippen LogP contribution in [0.5, 0.6) is 0 Å². The van der Waals surface area contributed by atoms with Gasteiger partial charge in [-0.2, -0.15) is 0 Å². The number of ketones is 1. The smallest absolute Gasteiger partial charge is 0.331 e. The average molecular weight is 591 g/mol. The van der Waals surface area contributed by atoms with E-state index in [0.717, 1.165) is 42.6 Å². The molecular formula is C37H38N2O5. The zero-order valence-corrected chi connectivity index (χ0v) is 25.5. The molecular weight excluding hydrogens is 552 g/mol. The number of hydrogen-bond donors (Lipinski definition) is 0. The van der Waals surface area contributed by atoms with Crippen LogP contribution in [-0.2, 0) is 31.8 Å². The van der Waals surface area contributed by atoms with Crippen molar-refractivity contribution in [1.82, 2.24) is 0 Å². The Morgan fingerprint density at radius 3 is 2.11 bits per heavy atom. The summed E-state index contributed by atoms with van der Waals surface area (Å²) in [7, 11) is 4.22. The van der Waals surface area contributed by atoms with Gasteiger partial charge in [-0.15, -0.1) is 0 Å². The fourth-order valence-electron chi connectivity index (χ4n) is 6.95. The van der Waals surface area contributed by atoms with Gasteiger partial charge in [0, 0.05) is 50.2 Å². The lowest BCUT2D eigenvalue weighted by molar-refractivity contribution is -0.147. The van der Waals surface area contributed by atoms with Crippen LogP contribution in [0, 0.1) is 5.92 Å². The van der Waals surface area contributed by atoms with Gasteiger partial charge in [0.15, 0.2) is 11.9 Å². The molecule has 4 atom stereocenters. The number of benzene rings is 3. The number of allylic oxidation sites excluding steroid dienone is 1. The first kappa shape index (κ1) is 28.6. The number of fused-ring (bicyclic) bond motifs is 3. The van der Waals surface area contributed by atoms with Gasteiger partial charge >= 0.3 is 5.97 Å². The molecule has 7 nitrogen and oxygen atoms in total. The largest absolute Gasteiger partial charge is 0.454 e. The van der Waals surface area contributed by atoms with E-state index < -0.39 is 30.2 Å². The number of anilines is 2. The van der Waals surface area contributed by atoms with Gasteiger partial charge in [0.05, 0.1) is 25.2 Å². The Balaban J connectivity index is 0.955. The molecule has 0 amide bonds. The fourth-order valence-corrected chi connectivity index (χ4v) is 6.95. The van der Waals surface area contributed by atoms with E-state index in [-0.39, 0.29) is 19.0 Å². The molecule has 0 N–H and O–H groups in total. The van der Waals surface area contributed by atoms with Crippen LogP contribution in [0.15, 0.2) is 66.7 Å². The number of esters is 1. The standard InChI is InChI=1S/C37H38N2O5/c1-23(18-25-5-12-32-29(20-25)15-17-39(32)3)26-7-9-27(10-8-26)35(41)30-21-42-37-33(22-43-36(30)37)44-34(40)13-6-24-4-11-31-28(19-24)14-16-38(31)2/h4-13,18-20,30,33,36-37H,14-17,21-22H2,1-3H3/b13-6+,23-18+. The number of likely N-dealkylation sites (N-methyl/N-ethyl adjacent to an activating group) is 2. The highest BCUT2D eigenvalue weighted by Crippen LogP contribution is 2.35. The van der Waals surface area contributed by atoms with E-state index in [1.807, 2.05) is 30.3 Å². The molecule has 44 heavy (non-hydrogen) atoms. The predicted octanol–water partition coefficient (Wildman–Crippen LogP) is 5.45. The van der Waals surface area contributed by atoms with Crippen LogP contribution in [0.2, 0.25) is 0 Å². The quantitative estimate of drug-likeness (QED) is 0.157. The summed E-state index contributed by atoms with van der Waals surface area (Å²) in [5.41, 5.74) is 10.2. The summed E-state index contributed by atoms with van der Waals surface area (Å²) in [6.45, 7) is 4.63. The van der Waals surface area contributed by atoms with Crippen molar-refractivity contribution in [1.29, 1.82) is 0 Å². The van der Waals surface area contributed by atoms with Crippen LogP contribution >= 0.6 is 0 Å². The molecule has 3 aromatic carbocycles. The molecule has 0 aromatic heterocycles. The molecule has 3 aromatic rings. The maximum atomic E-state index is 13.5. The summed E-state index contributed by atoms with van der Waals surface area (Å²) in [5, 5.41) is 0. The second-order valence-corrected chi connectivity index (χ2v) is 12.4. The van der Waals surface area contributed by atoms with E-state index in [4.69, 9.17) is 14.2 Å². The minimum Gasteiger partial charge on any atom is -0.454 e. The van der Waals surface area contributed by atoms with Crippen LogP contribution in [-0.4, -0.2) is 70.5 Å². The molecule has 2 saturated heterocycles. The summed E-state index contributed by atoms with van der Waals surface area (Å²) in [4.78, 5) is 30.7. The third kappa shape index (κ3) is 5.46. The number of nitrogens with zero attached hydrogens (tertiary/aromatic N) is 2. The molecule has 226 valence electrons. The van der Waals surface area contributed by atoms with Crippen molar-refractivity contribution in [2.24, 2.45) is 5.92 Å². The van der Waals surface area contributed by atoms with E-state index in [9.17, 15) is 9.59 Å². The van der Waals surface area contributed by atoms with Crippen molar-refractivity contribution < 1.29 is 23.8 Å². The molecule has 7 heteroatoms. The van der Waals surface area contributed by atoms with Crippen LogP contribution in [0.4, 0.5) is 11.4 Å². The van der Waals surface area contributed by atoms with Crippen LogP contribution in [0.25, 0.3) is 17.7 Å². The Morgan fingerprint density at radius 1 is 0.795 bits per heavy atom. The van der Waals surface area contributed by atoms with Gasteiger partial charge in [0.25, 0.3) is 0 Å². The van der Waals surface area contributed by atoms with Crippen molar-refractivity contribution in [3.8, 4) is 0 Å². The maximum Gasteiger partial charge on any atom is 0.331 e. The molecule has 0 spiro atoms. The minimum atomic E-state index is -0.543. The van der Waals surface area contributed by atoms with Crippen molar-refractivity contribution >= 4 is 40.9 Å². The molecule has 0 bridgehead atoms. The predicted molar refractivity (Wildman–Crippen MR) is 173 cm³/mol. The zero-order valence-electron chi connectivity index (χ0n) is 25.5. The average Bonchev–Trinajstić information content (AvgIpc) is 3.81. The lowest BCUT2D eigenvalue weighted by Crippen LogP contribution is -2.34. The number of hydrogen-bond acceptors (Lipinski definition) is 7. The molecule has 0 radical (unpaired) electrons. The van der Waals surface area contributed by atoms with Gasteiger partial charge in [-0.3, -0.25) is 4.79 Å². The second-order valence-electron chi connectivity index (χ2n) is 12.4. The SMILES string of the molecule is C/C(=C\c1ccc2c(c1)CCN2C)c1ccc(C(=O)C2COC3C(OC(=O)/C=C/c4ccc5c(c4)CCN5C)COC23)cc1. The Hall–Kier alpha value is -4.20. The monoisotopic (exact) mass is 590 g/mol. The summed E-state index contributed by atoms with van der Waals surface area (Å²) in [6, 6.07) is 20.6. The van der Waals surface area contributed by atoms with Gasteiger partial charge in [0.2, 0.25) is 0 Å². The third-order valence-electron chi connectivity index (χ3n) is 9.49. The Morgan fingerprint density at radius 2 is 1.41 bits per heavy atom. The highest BCUT2D eigenvalue weighted by Gasteiger charge is 2.51. The number of Topliss-reactive ketones (excluding diaryl/α,β-unsaturated/α-hetero) is 1. The van der Waals surface area contributed by atoms with E-state index in [1.54, 1.807) is 6.08 Å². The van der Waals surface area contributed by atoms with Crippen molar-refractivity contribution in [2.75, 3.05) is 50.2 Å². The molecule has 4 aliphatic heterocycles. The van der Waals surface area contributed by atoms with Crippen molar-refractivity contribution in [3.05, 3.63) is 100 Å². The summed E-state index contributed by atoms with van der Waals surface area (Å²) in [6.07, 6.45) is 6.08. The zero-order chi connectivity index (χ0) is 30.4. The molecule has 0 saturated carbocycles. The van der Waals surface area contributed by atoms with E-state index in [2.05, 4.69) is 67.2 Å². The first-order valence-corrected chi connectivity index (χ1v) is 15.5. The van der Waals surface area contributed by atoms with Gasteiger partial charge in [-0.1, -0.05) is 42.5 Å². The van der Waals surface area contributed by atoms with Gasteiger partial charge in [-0.05, 0) is 83.5 Å². The summed E-state index contributed by atoms with van der Waals surface area (Å²) in [5.74, 6) is -0.889. The number of carbonyl (C=O) groups excluding carboxylic acids is 2. The van der Waals surface area contributed by atoms with Crippen LogP contribution in [0.1, 0.15) is 45.1 Å². The number of ether oxygens (including phenoxy) is 3. The fraction of sp³-hybridized carbons (Fsp3) is 0.351. The molecule has 7 rings (SSSR count). The normalized spacial score (nSPS) is 24.1. The molecule has 4 aliphatic rings. The van der Waals surface area contributed by atoms with Gasteiger partial charge in [-0.25, -0.2) is 4.79 Å². The lowest BCUT2D eigenvalue weighted by Gasteiger charge is -2.16. The Labute approximate surface area is 258 Å².